The average molecular weight is 345 g/mol. The smallest absolute Gasteiger partial charge is 0.255 e. The van der Waals surface area contributed by atoms with Crippen LogP contribution in [0.25, 0.3) is 0 Å². The van der Waals surface area contributed by atoms with Gasteiger partial charge < -0.3 is 19.7 Å². The summed E-state index contributed by atoms with van der Waals surface area (Å²) in [5.41, 5.74) is 0.680. The Hall–Kier alpha value is -1.50. The van der Waals surface area contributed by atoms with Crippen molar-refractivity contribution in [3.8, 4) is 0 Å². The maximum Gasteiger partial charge on any atom is 0.255 e. The summed E-state index contributed by atoms with van der Waals surface area (Å²) in [4.78, 5) is 18.5. The number of hydrogen-bond donors (Lipinski definition) is 1. The molecule has 0 radical (unpaired) electrons. The third kappa shape index (κ3) is 3.30. The zero-order chi connectivity index (χ0) is 17.2. The normalized spacial score (nSPS) is 32.3. The zero-order valence-corrected chi connectivity index (χ0v) is 14.8. The third-order valence-corrected chi connectivity index (χ3v) is 6.01. The second-order valence-corrected chi connectivity index (χ2v) is 7.41. The van der Waals surface area contributed by atoms with Gasteiger partial charge in [-0.25, -0.2) is 0 Å². The van der Waals surface area contributed by atoms with Gasteiger partial charge in [-0.2, -0.15) is 0 Å². The van der Waals surface area contributed by atoms with E-state index < -0.39 is 0 Å². The Morgan fingerprint density at radius 1 is 1.40 bits per heavy atom. The molecule has 1 N–H and O–H groups in total. The minimum atomic E-state index is 0.0942. The lowest BCUT2D eigenvalue weighted by Gasteiger charge is -2.50. The Labute approximate surface area is 148 Å². The minimum Gasteiger partial charge on any atom is -0.384 e. The molecule has 2 aliphatic heterocycles. The summed E-state index contributed by atoms with van der Waals surface area (Å²) in [7, 11) is 1.77. The number of pyridine rings is 1. The highest BCUT2D eigenvalue weighted by Gasteiger charge is 2.54. The summed E-state index contributed by atoms with van der Waals surface area (Å²) in [6.45, 7) is 3.25. The van der Waals surface area contributed by atoms with Crippen molar-refractivity contribution < 1.29 is 14.3 Å². The number of nitrogens with zero attached hydrogens (tertiary/aromatic N) is 2. The largest absolute Gasteiger partial charge is 0.384 e. The molecule has 3 aliphatic rings. The highest BCUT2D eigenvalue weighted by Crippen LogP contribution is 2.44. The number of likely N-dealkylation sites (tertiary alicyclic amines) is 1. The van der Waals surface area contributed by atoms with E-state index >= 15 is 0 Å². The number of fused-ring (bicyclic) bond motifs is 1. The SMILES string of the molecule is COC[C@@H]1[C@@H](NC2CCN(C(=O)c3cccnc3)CC2)[C@@H]2CCO[C@H]12. The molecular formula is C19H27N3O3. The van der Waals surface area contributed by atoms with Crippen LogP contribution in [-0.2, 0) is 9.47 Å². The van der Waals surface area contributed by atoms with Crippen molar-refractivity contribution in [2.45, 2.75) is 37.5 Å². The molecule has 1 aliphatic carbocycles. The summed E-state index contributed by atoms with van der Waals surface area (Å²) in [6.07, 6.45) is 6.88. The van der Waals surface area contributed by atoms with Crippen molar-refractivity contribution in [3.63, 3.8) is 0 Å². The van der Waals surface area contributed by atoms with Crippen molar-refractivity contribution in [1.82, 2.24) is 15.2 Å². The molecule has 1 amide bonds. The number of aromatic nitrogens is 1. The van der Waals surface area contributed by atoms with E-state index in [4.69, 9.17) is 9.47 Å². The fourth-order valence-electron chi connectivity index (χ4n) is 4.66. The van der Waals surface area contributed by atoms with Gasteiger partial charge in [0.25, 0.3) is 5.91 Å². The molecule has 0 unspecified atom stereocenters. The van der Waals surface area contributed by atoms with Gasteiger partial charge in [0.15, 0.2) is 0 Å². The summed E-state index contributed by atoms with van der Waals surface area (Å²) in [6, 6.07) is 4.62. The molecule has 3 fully saturated rings. The molecule has 0 aromatic carbocycles. The van der Waals surface area contributed by atoms with Crippen LogP contribution >= 0.6 is 0 Å². The van der Waals surface area contributed by atoms with Crippen LogP contribution in [0, 0.1) is 11.8 Å². The first kappa shape index (κ1) is 16.9. The number of rotatable bonds is 5. The van der Waals surface area contributed by atoms with Crippen molar-refractivity contribution in [2.75, 3.05) is 33.4 Å². The minimum absolute atomic E-state index is 0.0942. The number of ether oxygens (including phenoxy) is 2. The quantitative estimate of drug-likeness (QED) is 0.872. The summed E-state index contributed by atoms with van der Waals surface area (Å²) in [5.74, 6) is 1.19. The molecule has 1 aromatic rings. The summed E-state index contributed by atoms with van der Waals surface area (Å²) in [5, 5.41) is 3.85. The molecule has 4 atom stereocenters. The Morgan fingerprint density at radius 3 is 2.96 bits per heavy atom. The van der Waals surface area contributed by atoms with E-state index in [1.54, 1.807) is 19.5 Å². The number of amides is 1. The summed E-state index contributed by atoms with van der Waals surface area (Å²) < 4.78 is 11.2. The van der Waals surface area contributed by atoms with Crippen molar-refractivity contribution in [1.29, 1.82) is 0 Å². The Balaban J connectivity index is 1.30. The maximum atomic E-state index is 12.5. The van der Waals surface area contributed by atoms with Crippen LogP contribution in [0.1, 0.15) is 29.6 Å². The van der Waals surface area contributed by atoms with Crippen molar-refractivity contribution in [3.05, 3.63) is 30.1 Å². The standard InChI is InChI=1S/C19H27N3O3/c1-24-12-16-17(15-6-10-25-18(15)16)21-14-4-8-22(9-5-14)19(23)13-3-2-7-20-11-13/h2-3,7,11,14-18,21H,4-6,8-10,12H2,1H3/t15-,16+,17-,18-/m0/s1. The Morgan fingerprint density at radius 2 is 2.24 bits per heavy atom. The van der Waals surface area contributed by atoms with E-state index in [1.807, 2.05) is 17.0 Å². The van der Waals surface area contributed by atoms with Crippen LogP contribution in [0.15, 0.2) is 24.5 Å². The molecule has 6 nitrogen and oxygen atoms in total. The molecule has 6 heteroatoms. The molecule has 25 heavy (non-hydrogen) atoms. The maximum absolute atomic E-state index is 12.5. The van der Waals surface area contributed by atoms with Crippen LogP contribution in [0.2, 0.25) is 0 Å². The van der Waals surface area contributed by atoms with Gasteiger partial charge in [-0.1, -0.05) is 0 Å². The monoisotopic (exact) mass is 345 g/mol. The predicted molar refractivity (Wildman–Crippen MR) is 93.3 cm³/mol. The van der Waals surface area contributed by atoms with Crippen LogP contribution in [0.5, 0.6) is 0 Å². The van der Waals surface area contributed by atoms with E-state index in [0.29, 0.717) is 35.6 Å². The van der Waals surface area contributed by atoms with E-state index in [9.17, 15) is 4.79 Å². The van der Waals surface area contributed by atoms with Crippen molar-refractivity contribution >= 4 is 5.91 Å². The van der Waals surface area contributed by atoms with Gasteiger partial charge in [-0.15, -0.1) is 0 Å². The Kier molecular flexibility index (Phi) is 5.01. The van der Waals surface area contributed by atoms with E-state index in [1.165, 1.54) is 0 Å². The molecule has 3 heterocycles. The fourth-order valence-corrected chi connectivity index (χ4v) is 4.66. The van der Waals surface area contributed by atoms with Crippen LogP contribution in [-0.4, -0.2) is 67.4 Å². The van der Waals surface area contributed by atoms with Gasteiger partial charge in [-0.3, -0.25) is 9.78 Å². The number of nitrogens with one attached hydrogen (secondary N) is 1. The van der Waals surface area contributed by atoms with Crippen LogP contribution in [0.3, 0.4) is 0 Å². The number of hydrogen-bond acceptors (Lipinski definition) is 5. The van der Waals surface area contributed by atoms with Gasteiger partial charge in [0.1, 0.15) is 0 Å². The van der Waals surface area contributed by atoms with Gasteiger partial charge in [-0.05, 0) is 31.4 Å². The molecule has 1 aromatic heterocycles. The first-order valence-electron chi connectivity index (χ1n) is 9.34. The zero-order valence-electron chi connectivity index (χ0n) is 14.8. The van der Waals surface area contributed by atoms with E-state index in [0.717, 1.165) is 45.6 Å². The second kappa shape index (κ2) is 7.40. The lowest BCUT2D eigenvalue weighted by molar-refractivity contribution is -0.0880. The lowest BCUT2D eigenvalue weighted by atomic mass is 9.66. The van der Waals surface area contributed by atoms with Gasteiger partial charge in [0.2, 0.25) is 0 Å². The number of piperidine rings is 1. The van der Waals surface area contributed by atoms with Crippen molar-refractivity contribution in [2.24, 2.45) is 11.8 Å². The Bertz CT molecular complexity index is 589. The lowest BCUT2D eigenvalue weighted by Crippen LogP contribution is -2.64. The van der Waals surface area contributed by atoms with E-state index in [2.05, 4.69) is 10.3 Å². The topological polar surface area (TPSA) is 63.7 Å². The molecule has 1 saturated carbocycles. The predicted octanol–water partition coefficient (Wildman–Crippen LogP) is 1.33. The average Bonchev–Trinajstić information content (AvgIpc) is 3.09. The van der Waals surface area contributed by atoms with E-state index in [-0.39, 0.29) is 5.91 Å². The van der Waals surface area contributed by atoms with Gasteiger partial charge in [0, 0.05) is 63.1 Å². The number of carbonyl (C=O) groups excluding carboxylic acids is 1. The first-order chi connectivity index (χ1) is 12.3. The molecule has 2 saturated heterocycles. The number of methoxy groups -OCH3 is 1. The highest BCUT2D eigenvalue weighted by molar-refractivity contribution is 5.93. The number of carbonyl (C=O) groups is 1. The van der Waals surface area contributed by atoms with Crippen LogP contribution in [0.4, 0.5) is 0 Å². The van der Waals surface area contributed by atoms with Crippen LogP contribution < -0.4 is 5.32 Å². The fraction of sp³-hybridized carbons (Fsp3) is 0.684. The van der Waals surface area contributed by atoms with Gasteiger partial charge in [0.05, 0.1) is 18.3 Å². The molecule has 0 bridgehead atoms. The highest BCUT2D eigenvalue weighted by atomic mass is 16.5. The van der Waals surface area contributed by atoms with Gasteiger partial charge >= 0.3 is 0 Å². The first-order valence-corrected chi connectivity index (χ1v) is 9.34. The molecular weight excluding hydrogens is 318 g/mol. The molecule has 4 rings (SSSR count). The summed E-state index contributed by atoms with van der Waals surface area (Å²) >= 11 is 0. The second-order valence-electron chi connectivity index (χ2n) is 7.41. The molecule has 136 valence electrons. The molecule has 0 spiro atoms. The third-order valence-electron chi connectivity index (χ3n) is 6.01.